The van der Waals surface area contributed by atoms with Gasteiger partial charge in [0, 0.05) is 0 Å². The van der Waals surface area contributed by atoms with Crippen LogP contribution in [0.1, 0.15) is 40.4 Å². The Balaban J connectivity index is 1.51. The normalized spacial score (nSPS) is 18.6. The maximum Gasteiger partial charge on any atom is 0.243 e. The van der Waals surface area contributed by atoms with Crippen LogP contribution in [0, 0.1) is 5.92 Å². The van der Waals surface area contributed by atoms with Gasteiger partial charge < -0.3 is 4.57 Å². The average molecular weight is 510 g/mol. The van der Waals surface area contributed by atoms with Gasteiger partial charge in [-0.3, -0.25) is 9.59 Å². The van der Waals surface area contributed by atoms with Crippen LogP contribution in [0.25, 0.3) is 0 Å². The first-order chi connectivity index (χ1) is 19.2. The van der Waals surface area contributed by atoms with Crippen molar-refractivity contribution in [2.24, 2.45) is 5.92 Å². The van der Waals surface area contributed by atoms with Crippen LogP contribution in [0.3, 0.4) is 0 Å². The second-order valence-electron chi connectivity index (χ2n) is 10.2. The lowest BCUT2D eigenvalue weighted by Gasteiger charge is -2.40. The summed E-state index contributed by atoms with van der Waals surface area (Å²) < 4.78 is 2.18. The Morgan fingerprint density at radius 2 is 1.13 bits per heavy atom. The van der Waals surface area contributed by atoms with Crippen molar-refractivity contribution >= 4 is 17.5 Å². The van der Waals surface area contributed by atoms with Gasteiger partial charge in [-0.1, -0.05) is 109 Å². The molecule has 2 aliphatic rings. The largest absolute Gasteiger partial charge is 0.315 e. The minimum absolute atomic E-state index is 0.126. The van der Waals surface area contributed by atoms with Gasteiger partial charge in [-0.2, -0.15) is 0 Å². The Morgan fingerprint density at radius 3 is 1.64 bits per heavy atom. The molecule has 1 aromatic heterocycles. The lowest BCUT2D eigenvalue weighted by atomic mass is 9.74. The van der Waals surface area contributed by atoms with Gasteiger partial charge >= 0.3 is 0 Å². The number of fused-ring (bicyclic) bond motifs is 3. The number of imidazole rings is 1. The summed E-state index contributed by atoms with van der Waals surface area (Å²) in [6, 6.07) is 40.4. The fourth-order valence-corrected chi connectivity index (χ4v) is 6.59. The van der Waals surface area contributed by atoms with Gasteiger partial charge in [-0.05, 0) is 41.7 Å². The summed E-state index contributed by atoms with van der Waals surface area (Å²) in [5, 5.41) is 0. The highest BCUT2D eigenvalue weighted by molar-refractivity contribution is 6.24. The van der Waals surface area contributed by atoms with Gasteiger partial charge in [-0.25, -0.2) is 9.88 Å². The third-order valence-corrected chi connectivity index (χ3v) is 8.25. The van der Waals surface area contributed by atoms with Crippen LogP contribution < -0.4 is 4.90 Å². The fourth-order valence-electron chi connectivity index (χ4n) is 6.59. The van der Waals surface area contributed by atoms with Crippen LogP contribution >= 0.6 is 0 Å². The quantitative estimate of drug-likeness (QED) is 0.218. The van der Waals surface area contributed by atoms with Crippen molar-refractivity contribution in [3.8, 4) is 0 Å². The number of carbonyl (C=O) groups is 2. The lowest BCUT2D eigenvalue weighted by Crippen LogP contribution is -2.40. The third-order valence-electron chi connectivity index (χ3n) is 8.25. The van der Waals surface area contributed by atoms with E-state index in [1.165, 1.54) is 4.90 Å². The molecule has 5 nitrogen and oxygen atoms in total. The summed E-state index contributed by atoms with van der Waals surface area (Å²) in [6.45, 7) is 0. The zero-order valence-electron chi connectivity index (χ0n) is 21.4. The summed E-state index contributed by atoms with van der Waals surface area (Å²) in [6.07, 6.45) is 3.14. The molecule has 0 N–H and O–H groups in total. The van der Waals surface area contributed by atoms with Crippen LogP contribution in [-0.4, -0.2) is 21.4 Å². The SMILES string of the molecule is O=C1[C@H]2CCc3ncn(C(c4ccccc4)(c4ccccc4)c4ccccc4)c3[C@H]2C(=O)N1c1ccccc1. The Morgan fingerprint density at radius 1 is 0.641 bits per heavy atom. The number of nitrogens with zero attached hydrogens (tertiary/aromatic N) is 3. The second-order valence-corrected chi connectivity index (χ2v) is 10.2. The minimum Gasteiger partial charge on any atom is -0.315 e. The van der Waals surface area contributed by atoms with Crippen molar-refractivity contribution in [3.05, 3.63) is 156 Å². The number of amides is 2. The van der Waals surface area contributed by atoms with E-state index >= 15 is 0 Å². The third kappa shape index (κ3) is 3.43. The summed E-state index contributed by atoms with van der Waals surface area (Å²) in [7, 11) is 0. The Bertz CT molecular complexity index is 1550. The highest BCUT2D eigenvalue weighted by Gasteiger charge is 2.54. The van der Waals surface area contributed by atoms with Crippen molar-refractivity contribution in [1.82, 2.24) is 9.55 Å². The number of aromatic nitrogens is 2. The van der Waals surface area contributed by atoms with E-state index in [0.717, 1.165) is 28.1 Å². The molecule has 2 heterocycles. The first-order valence-corrected chi connectivity index (χ1v) is 13.4. The van der Waals surface area contributed by atoms with Crippen LogP contribution in [-0.2, 0) is 21.5 Å². The van der Waals surface area contributed by atoms with Crippen LogP contribution in [0.5, 0.6) is 0 Å². The standard InChI is InChI=1S/C34H27N3O2/c38-32-28-21-22-29-31(30(28)33(39)37(32)27-19-11-4-12-20-27)36(23-35-29)34(24-13-5-1-6-14-24,25-15-7-2-8-16-25)26-17-9-3-10-18-26/h1-20,23,28,30H,21-22H2/t28-,30-/m0/s1. The molecule has 1 aliphatic heterocycles. The van der Waals surface area contributed by atoms with E-state index in [4.69, 9.17) is 4.98 Å². The first-order valence-electron chi connectivity index (χ1n) is 13.4. The molecule has 39 heavy (non-hydrogen) atoms. The number of carbonyl (C=O) groups excluding carboxylic acids is 2. The molecular formula is C34H27N3O2. The Labute approximate surface area is 227 Å². The topological polar surface area (TPSA) is 55.2 Å². The number of rotatable bonds is 5. The summed E-state index contributed by atoms with van der Waals surface area (Å²) in [4.78, 5) is 34.2. The molecule has 4 aromatic carbocycles. The highest BCUT2D eigenvalue weighted by Crippen LogP contribution is 2.49. The van der Waals surface area contributed by atoms with Crippen molar-refractivity contribution < 1.29 is 9.59 Å². The number of hydrogen-bond acceptors (Lipinski definition) is 3. The molecule has 2 amide bonds. The zero-order chi connectivity index (χ0) is 26.4. The zero-order valence-corrected chi connectivity index (χ0v) is 21.4. The summed E-state index contributed by atoms with van der Waals surface area (Å²) in [5.41, 5.74) is 4.72. The number of para-hydroxylation sites is 1. The lowest BCUT2D eigenvalue weighted by molar-refractivity contribution is -0.122. The summed E-state index contributed by atoms with van der Waals surface area (Å²) in [5.74, 6) is -1.32. The fraction of sp³-hybridized carbons (Fsp3) is 0.147. The Hall–Kier alpha value is -4.77. The first kappa shape index (κ1) is 23.4. The van der Waals surface area contributed by atoms with E-state index in [0.29, 0.717) is 18.5 Å². The maximum atomic E-state index is 14.2. The van der Waals surface area contributed by atoms with Gasteiger partial charge in [0.05, 0.1) is 35.2 Å². The van der Waals surface area contributed by atoms with E-state index in [9.17, 15) is 9.59 Å². The van der Waals surface area contributed by atoms with Gasteiger partial charge in [0.25, 0.3) is 0 Å². The second kappa shape index (κ2) is 9.21. The van der Waals surface area contributed by atoms with Crippen molar-refractivity contribution in [2.75, 3.05) is 4.90 Å². The molecule has 0 radical (unpaired) electrons. The number of hydrogen-bond donors (Lipinski definition) is 0. The predicted molar refractivity (Wildman–Crippen MR) is 150 cm³/mol. The van der Waals surface area contributed by atoms with Gasteiger partial charge in [0.2, 0.25) is 11.8 Å². The van der Waals surface area contributed by atoms with Crippen molar-refractivity contribution in [1.29, 1.82) is 0 Å². The molecule has 2 atom stereocenters. The molecular weight excluding hydrogens is 482 g/mol. The molecule has 1 fully saturated rings. The van der Waals surface area contributed by atoms with E-state index in [1.807, 2.05) is 91.3 Å². The smallest absolute Gasteiger partial charge is 0.243 e. The van der Waals surface area contributed by atoms with Crippen molar-refractivity contribution in [3.63, 3.8) is 0 Å². The average Bonchev–Trinajstić information content (AvgIpc) is 3.54. The molecule has 0 spiro atoms. The Kier molecular flexibility index (Phi) is 5.51. The predicted octanol–water partition coefficient (Wildman–Crippen LogP) is 5.94. The molecule has 5 aromatic rings. The van der Waals surface area contributed by atoms with E-state index in [2.05, 4.69) is 41.0 Å². The van der Waals surface area contributed by atoms with Gasteiger partial charge in [0.1, 0.15) is 5.54 Å². The molecule has 1 saturated heterocycles. The molecule has 190 valence electrons. The molecule has 7 rings (SSSR count). The van der Waals surface area contributed by atoms with E-state index in [1.54, 1.807) is 0 Å². The van der Waals surface area contributed by atoms with Crippen LogP contribution in [0.4, 0.5) is 5.69 Å². The van der Waals surface area contributed by atoms with E-state index in [-0.39, 0.29) is 11.8 Å². The highest BCUT2D eigenvalue weighted by atomic mass is 16.2. The molecule has 0 unspecified atom stereocenters. The molecule has 1 aliphatic carbocycles. The number of benzene rings is 4. The molecule has 0 bridgehead atoms. The number of anilines is 1. The monoisotopic (exact) mass is 509 g/mol. The number of imide groups is 1. The van der Waals surface area contributed by atoms with E-state index < -0.39 is 17.4 Å². The minimum atomic E-state index is -0.796. The van der Waals surface area contributed by atoms with Crippen LogP contribution in [0.2, 0.25) is 0 Å². The van der Waals surface area contributed by atoms with Crippen molar-refractivity contribution in [2.45, 2.75) is 24.3 Å². The van der Waals surface area contributed by atoms with Gasteiger partial charge in [-0.15, -0.1) is 0 Å². The number of aryl methyl sites for hydroxylation is 1. The van der Waals surface area contributed by atoms with Crippen LogP contribution in [0.15, 0.2) is 128 Å². The summed E-state index contributed by atoms with van der Waals surface area (Å²) >= 11 is 0. The maximum absolute atomic E-state index is 14.2. The van der Waals surface area contributed by atoms with Gasteiger partial charge in [0.15, 0.2) is 0 Å². The molecule has 0 saturated carbocycles. The molecule has 5 heteroatoms.